The Kier molecular flexibility index (Phi) is 7.19. The van der Waals surface area contributed by atoms with Crippen LogP contribution in [0.25, 0.3) is 10.9 Å². The van der Waals surface area contributed by atoms with E-state index in [0.717, 1.165) is 50.5 Å². The number of hydrogen-bond acceptors (Lipinski definition) is 5. The highest BCUT2D eigenvalue weighted by molar-refractivity contribution is 5.83. The fourth-order valence-corrected chi connectivity index (χ4v) is 4.67. The van der Waals surface area contributed by atoms with E-state index in [1.807, 2.05) is 12.1 Å². The summed E-state index contributed by atoms with van der Waals surface area (Å²) in [4.78, 5) is 30.7. The zero-order chi connectivity index (χ0) is 22.5. The Balaban J connectivity index is 1.58. The Morgan fingerprint density at radius 2 is 1.84 bits per heavy atom. The number of amides is 2. The first-order valence-corrected chi connectivity index (χ1v) is 11.5. The maximum atomic E-state index is 13.2. The first-order chi connectivity index (χ1) is 15.6. The number of pyridine rings is 1. The molecule has 8 heteroatoms. The van der Waals surface area contributed by atoms with Crippen molar-refractivity contribution in [3.63, 3.8) is 0 Å². The molecule has 2 fully saturated rings. The van der Waals surface area contributed by atoms with Crippen LogP contribution in [0.3, 0.4) is 0 Å². The van der Waals surface area contributed by atoms with Crippen LogP contribution < -0.4 is 20.3 Å². The molecule has 1 atom stereocenters. The number of fused-ring (bicyclic) bond motifs is 1. The van der Waals surface area contributed by atoms with E-state index < -0.39 is 0 Å². The van der Waals surface area contributed by atoms with Gasteiger partial charge in [-0.25, -0.2) is 4.79 Å². The van der Waals surface area contributed by atoms with Gasteiger partial charge < -0.3 is 29.4 Å². The van der Waals surface area contributed by atoms with Crippen LogP contribution >= 0.6 is 0 Å². The van der Waals surface area contributed by atoms with Crippen molar-refractivity contribution in [3.05, 3.63) is 34.1 Å². The van der Waals surface area contributed by atoms with E-state index in [9.17, 15) is 9.59 Å². The van der Waals surface area contributed by atoms with Gasteiger partial charge in [0.15, 0.2) is 11.5 Å². The number of urea groups is 1. The van der Waals surface area contributed by atoms with Gasteiger partial charge in [0.2, 0.25) is 0 Å². The van der Waals surface area contributed by atoms with Crippen LogP contribution in [0.15, 0.2) is 23.0 Å². The molecule has 32 heavy (non-hydrogen) atoms. The maximum Gasteiger partial charge on any atom is 0.318 e. The molecule has 1 saturated heterocycles. The van der Waals surface area contributed by atoms with E-state index in [4.69, 9.17) is 14.2 Å². The van der Waals surface area contributed by atoms with E-state index in [0.29, 0.717) is 29.1 Å². The molecule has 2 N–H and O–H groups in total. The quantitative estimate of drug-likeness (QED) is 0.683. The number of rotatable bonds is 7. The number of aromatic nitrogens is 1. The molecule has 1 aromatic heterocycles. The van der Waals surface area contributed by atoms with E-state index in [2.05, 4.69) is 10.3 Å². The Hall–Kier alpha value is -2.74. The van der Waals surface area contributed by atoms with Gasteiger partial charge in [0.1, 0.15) is 0 Å². The fourth-order valence-electron chi connectivity index (χ4n) is 4.67. The second-order valence-corrected chi connectivity index (χ2v) is 8.72. The van der Waals surface area contributed by atoms with Gasteiger partial charge in [0.05, 0.1) is 32.4 Å². The van der Waals surface area contributed by atoms with Crippen molar-refractivity contribution in [2.75, 3.05) is 27.4 Å². The van der Waals surface area contributed by atoms with Crippen LogP contribution in [0.1, 0.15) is 50.5 Å². The lowest BCUT2D eigenvalue weighted by Crippen LogP contribution is -2.48. The summed E-state index contributed by atoms with van der Waals surface area (Å²) in [7, 11) is 3.14. The van der Waals surface area contributed by atoms with Crippen molar-refractivity contribution in [3.8, 4) is 11.5 Å². The van der Waals surface area contributed by atoms with E-state index >= 15 is 0 Å². The van der Waals surface area contributed by atoms with Crippen LogP contribution in [0.5, 0.6) is 11.5 Å². The molecule has 1 saturated carbocycles. The molecule has 0 unspecified atom stereocenters. The lowest BCUT2D eigenvalue weighted by Gasteiger charge is -2.29. The molecule has 2 heterocycles. The zero-order valence-corrected chi connectivity index (χ0v) is 18.9. The number of carbonyl (C=O) groups excluding carboxylic acids is 1. The van der Waals surface area contributed by atoms with Crippen molar-refractivity contribution in [1.29, 1.82) is 0 Å². The predicted molar refractivity (Wildman–Crippen MR) is 122 cm³/mol. The van der Waals surface area contributed by atoms with E-state index in [1.54, 1.807) is 25.2 Å². The largest absolute Gasteiger partial charge is 0.493 e. The normalized spacial score (nSPS) is 19.1. The van der Waals surface area contributed by atoms with Crippen molar-refractivity contribution >= 4 is 16.9 Å². The fraction of sp³-hybridized carbons (Fsp3) is 0.583. The molecule has 4 rings (SSSR count). The molecular weight excluding hydrogens is 410 g/mol. The highest BCUT2D eigenvalue weighted by Crippen LogP contribution is 2.31. The minimum absolute atomic E-state index is 0.0102. The summed E-state index contributed by atoms with van der Waals surface area (Å²) in [6.07, 6.45) is 7.48. The molecular formula is C24H33N3O5. The second kappa shape index (κ2) is 10.3. The molecule has 2 aromatic rings. The van der Waals surface area contributed by atoms with Gasteiger partial charge in [-0.3, -0.25) is 4.79 Å². The molecule has 2 amide bonds. The van der Waals surface area contributed by atoms with Crippen molar-refractivity contribution in [1.82, 2.24) is 15.2 Å². The smallest absolute Gasteiger partial charge is 0.318 e. The number of nitrogens with zero attached hydrogens (tertiary/aromatic N) is 1. The summed E-state index contributed by atoms with van der Waals surface area (Å²) in [6.45, 7) is 1.42. The van der Waals surface area contributed by atoms with Gasteiger partial charge in [-0.15, -0.1) is 0 Å². The predicted octanol–water partition coefficient (Wildman–Crippen LogP) is 3.57. The average molecular weight is 444 g/mol. The second-order valence-electron chi connectivity index (χ2n) is 8.72. The number of methoxy groups -OCH3 is 2. The first-order valence-electron chi connectivity index (χ1n) is 11.5. The monoisotopic (exact) mass is 443 g/mol. The van der Waals surface area contributed by atoms with Gasteiger partial charge in [0, 0.05) is 36.2 Å². The minimum Gasteiger partial charge on any atom is -0.493 e. The Bertz CT molecular complexity index is 993. The SMILES string of the molecule is COc1cc2cc(CN(C[C@H]3CCCO3)C(=O)NC3CCCCC3)c(=O)[nH]c2cc1OC. The number of benzene rings is 1. The summed E-state index contributed by atoms with van der Waals surface area (Å²) in [5, 5.41) is 4.01. The standard InChI is InChI=1S/C24H33N3O5/c1-30-21-12-16-11-17(23(28)26-20(16)13-22(21)31-2)14-27(15-19-9-6-10-32-19)24(29)25-18-7-4-3-5-8-18/h11-13,18-19H,3-10,14-15H2,1-2H3,(H,25,29)(H,26,28)/t19-/m1/s1. The molecule has 0 bridgehead atoms. The van der Waals surface area contributed by atoms with Crippen LogP contribution in [-0.2, 0) is 11.3 Å². The molecule has 2 aliphatic rings. The van der Waals surface area contributed by atoms with Crippen LogP contribution in [0, 0.1) is 0 Å². The summed E-state index contributed by atoms with van der Waals surface area (Å²) >= 11 is 0. The number of carbonyl (C=O) groups is 1. The lowest BCUT2D eigenvalue weighted by molar-refractivity contribution is 0.0784. The van der Waals surface area contributed by atoms with Gasteiger partial charge in [-0.1, -0.05) is 19.3 Å². The molecule has 0 spiro atoms. The number of hydrogen-bond donors (Lipinski definition) is 2. The number of H-pyrrole nitrogens is 1. The van der Waals surface area contributed by atoms with Gasteiger partial charge in [-0.05, 0) is 37.8 Å². The molecule has 1 aliphatic heterocycles. The third-order valence-corrected chi connectivity index (χ3v) is 6.45. The zero-order valence-electron chi connectivity index (χ0n) is 18.9. The highest BCUT2D eigenvalue weighted by atomic mass is 16.5. The molecule has 1 aromatic carbocycles. The number of ether oxygens (including phenoxy) is 3. The molecule has 0 radical (unpaired) electrons. The summed E-state index contributed by atoms with van der Waals surface area (Å²) in [5.41, 5.74) is 0.975. The summed E-state index contributed by atoms with van der Waals surface area (Å²) < 4.78 is 16.5. The van der Waals surface area contributed by atoms with Crippen molar-refractivity contribution in [2.45, 2.75) is 63.6 Å². The molecule has 8 nitrogen and oxygen atoms in total. The summed E-state index contributed by atoms with van der Waals surface area (Å²) in [5.74, 6) is 1.14. The third kappa shape index (κ3) is 5.18. The van der Waals surface area contributed by atoms with Gasteiger partial charge in [-0.2, -0.15) is 0 Å². The van der Waals surface area contributed by atoms with Gasteiger partial charge >= 0.3 is 6.03 Å². The van der Waals surface area contributed by atoms with Crippen LogP contribution in [0.2, 0.25) is 0 Å². The molecule has 174 valence electrons. The lowest BCUT2D eigenvalue weighted by atomic mass is 9.96. The van der Waals surface area contributed by atoms with Gasteiger partial charge in [0.25, 0.3) is 5.56 Å². The van der Waals surface area contributed by atoms with Crippen LogP contribution in [-0.4, -0.2) is 55.4 Å². The van der Waals surface area contributed by atoms with Crippen LogP contribution in [0.4, 0.5) is 4.79 Å². The average Bonchev–Trinajstić information content (AvgIpc) is 3.32. The van der Waals surface area contributed by atoms with E-state index in [1.165, 1.54) is 6.42 Å². The Morgan fingerprint density at radius 1 is 1.09 bits per heavy atom. The first kappa shape index (κ1) is 22.5. The number of aromatic amines is 1. The number of nitrogens with one attached hydrogen (secondary N) is 2. The van der Waals surface area contributed by atoms with Crippen molar-refractivity contribution in [2.24, 2.45) is 0 Å². The Labute approximate surface area is 188 Å². The third-order valence-electron chi connectivity index (χ3n) is 6.45. The minimum atomic E-state index is -0.215. The maximum absolute atomic E-state index is 13.2. The highest BCUT2D eigenvalue weighted by Gasteiger charge is 2.26. The van der Waals surface area contributed by atoms with Crippen molar-refractivity contribution < 1.29 is 19.0 Å². The topological polar surface area (TPSA) is 92.9 Å². The molecule has 1 aliphatic carbocycles. The van der Waals surface area contributed by atoms with E-state index in [-0.39, 0.29) is 30.3 Å². The summed E-state index contributed by atoms with van der Waals surface area (Å²) in [6, 6.07) is 5.49. The Morgan fingerprint density at radius 3 is 2.53 bits per heavy atom.